The van der Waals surface area contributed by atoms with Crippen molar-refractivity contribution < 1.29 is 14.3 Å². The Morgan fingerprint density at radius 3 is 2.92 bits per heavy atom. The number of aromatic nitrogens is 3. The predicted molar refractivity (Wildman–Crippen MR) is 96.1 cm³/mol. The van der Waals surface area contributed by atoms with Crippen LogP contribution in [0, 0.1) is 5.92 Å². The zero-order chi connectivity index (χ0) is 18.1. The molecule has 0 radical (unpaired) electrons. The Morgan fingerprint density at radius 2 is 2.16 bits per heavy atom. The van der Waals surface area contributed by atoms with Crippen LogP contribution in [0.5, 0.6) is 0 Å². The highest BCUT2D eigenvalue weighted by Gasteiger charge is 2.26. The lowest BCUT2D eigenvalue weighted by Gasteiger charge is -2.25. The van der Waals surface area contributed by atoms with Gasteiger partial charge < -0.3 is 9.47 Å². The minimum Gasteiger partial charge on any atom is -0.349 e. The summed E-state index contributed by atoms with van der Waals surface area (Å²) in [6.45, 7) is 7.50. The molecule has 1 aliphatic rings. The zero-order valence-electron chi connectivity index (χ0n) is 15.7. The monoisotopic (exact) mass is 349 g/mol. The summed E-state index contributed by atoms with van der Waals surface area (Å²) < 4.78 is 13.1. The van der Waals surface area contributed by atoms with E-state index in [1.54, 1.807) is 16.8 Å². The quantitative estimate of drug-likeness (QED) is 0.573. The van der Waals surface area contributed by atoms with E-state index in [9.17, 15) is 4.79 Å². The molecule has 0 aromatic carbocycles. The molecule has 1 aliphatic heterocycles. The summed E-state index contributed by atoms with van der Waals surface area (Å²) in [7, 11) is 0. The third kappa shape index (κ3) is 7.08. The van der Waals surface area contributed by atoms with Crippen LogP contribution in [0.25, 0.3) is 0 Å². The van der Waals surface area contributed by atoms with Gasteiger partial charge in [0.15, 0.2) is 12.1 Å². The van der Waals surface area contributed by atoms with E-state index in [4.69, 9.17) is 9.47 Å². The molecule has 0 N–H and O–H groups in total. The summed E-state index contributed by atoms with van der Waals surface area (Å²) in [4.78, 5) is 12.0. The largest absolute Gasteiger partial charge is 0.349 e. The number of aryl methyl sites for hydroxylation is 1. The lowest BCUT2D eigenvalue weighted by Crippen LogP contribution is -2.36. The fraction of sp³-hybridized carbons (Fsp3) is 0.737. The molecule has 0 saturated carbocycles. The van der Waals surface area contributed by atoms with E-state index in [1.165, 1.54) is 19.3 Å². The van der Waals surface area contributed by atoms with E-state index < -0.39 is 12.4 Å². The number of carbonyl (C=O) groups excluding carboxylic acids is 1. The first-order valence-corrected chi connectivity index (χ1v) is 9.46. The molecule has 0 spiro atoms. The summed E-state index contributed by atoms with van der Waals surface area (Å²) in [5.41, 5.74) is 0.972. The van der Waals surface area contributed by atoms with E-state index in [1.807, 2.05) is 6.20 Å². The molecule has 6 heteroatoms. The van der Waals surface area contributed by atoms with Crippen molar-refractivity contribution >= 4 is 5.78 Å². The van der Waals surface area contributed by atoms with Gasteiger partial charge >= 0.3 is 0 Å². The van der Waals surface area contributed by atoms with Crippen molar-refractivity contribution in [3.05, 3.63) is 24.0 Å². The van der Waals surface area contributed by atoms with Crippen molar-refractivity contribution in [2.75, 3.05) is 6.61 Å². The number of unbranched alkanes of at least 4 members (excludes halogenated alkanes) is 3. The topological polar surface area (TPSA) is 66.2 Å². The Bertz CT molecular complexity index is 554. The van der Waals surface area contributed by atoms with Gasteiger partial charge in [0, 0.05) is 6.20 Å². The molecular weight excluding hydrogens is 318 g/mol. The first kappa shape index (κ1) is 19.8. The van der Waals surface area contributed by atoms with E-state index in [0.717, 1.165) is 25.0 Å². The second-order valence-corrected chi connectivity index (χ2v) is 7.05. The molecule has 2 rings (SSSR count). The summed E-state index contributed by atoms with van der Waals surface area (Å²) >= 11 is 0. The maximum atomic E-state index is 12.0. The molecular formula is C19H31N3O3. The molecule has 25 heavy (non-hydrogen) atoms. The van der Waals surface area contributed by atoms with E-state index in [2.05, 4.69) is 31.1 Å². The van der Waals surface area contributed by atoms with Gasteiger partial charge in [0.2, 0.25) is 0 Å². The number of hydrogen-bond acceptors (Lipinski definition) is 5. The Balaban J connectivity index is 1.79. The van der Waals surface area contributed by atoms with Crippen molar-refractivity contribution in [3.8, 4) is 0 Å². The summed E-state index contributed by atoms with van der Waals surface area (Å²) in [5.74, 6) is 0.527. The Labute approximate surface area is 150 Å². The van der Waals surface area contributed by atoms with Crippen LogP contribution in [0.2, 0.25) is 0 Å². The maximum Gasteiger partial charge on any atom is 0.186 e. The lowest BCUT2D eigenvalue weighted by molar-refractivity contribution is -0.166. The smallest absolute Gasteiger partial charge is 0.186 e. The SMILES string of the molecule is CCCCCCc1cn(C[C@H]2O[C@H](OCCC(C)C)C=CC2=O)nn1. The van der Waals surface area contributed by atoms with Crippen LogP contribution in [0.1, 0.15) is 58.6 Å². The Hall–Kier alpha value is -1.53. The van der Waals surface area contributed by atoms with Crippen LogP contribution < -0.4 is 0 Å². The first-order chi connectivity index (χ1) is 12.1. The summed E-state index contributed by atoms with van der Waals surface area (Å²) in [5, 5.41) is 8.31. The van der Waals surface area contributed by atoms with Crippen LogP contribution in [-0.4, -0.2) is 39.8 Å². The summed E-state index contributed by atoms with van der Waals surface area (Å²) in [6, 6.07) is 0. The molecule has 140 valence electrons. The van der Waals surface area contributed by atoms with Crippen LogP contribution in [-0.2, 0) is 27.2 Å². The summed E-state index contributed by atoms with van der Waals surface area (Å²) in [6.07, 6.45) is 10.8. The average molecular weight is 349 g/mol. The third-order valence-corrected chi connectivity index (χ3v) is 4.24. The van der Waals surface area contributed by atoms with Gasteiger partial charge in [0.25, 0.3) is 0 Å². The molecule has 6 nitrogen and oxygen atoms in total. The van der Waals surface area contributed by atoms with Gasteiger partial charge in [-0.1, -0.05) is 45.2 Å². The van der Waals surface area contributed by atoms with E-state index in [-0.39, 0.29) is 5.78 Å². The van der Waals surface area contributed by atoms with Gasteiger partial charge in [-0.3, -0.25) is 4.79 Å². The van der Waals surface area contributed by atoms with Crippen LogP contribution in [0.15, 0.2) is 18.3 Å². The molecule has 0 amide bonds. The molecule has 0 unspecified atom stereocenters. The maximum absolute atomic E-state index is 12.0. The minimum atomic E-state index is -0.566. The number of nitrogens with zero attached hydrogens (tertiary/aromatic N) is 3. The van der Waals surface area contributed by atoms with Crippen molar-refractivity contribution in [1.82, 2.24) is 15.0 Å². The van der Waals surface area contributed by atoms with Gasteiger partial charge in [-0.15, -0.1) is 5.10 Å². The van der Waals surface area contributed by atoms with Crippen LogP contribution in [0.4, 0.5) is 0 Å². The van der Waals surface area contributed by atoms with Crippen LogP contribution in [0.3, 0.4) is 0 Å². The fourth-order valence-corrected chi connectivity index (χ4v) is 2.65. The van der Waals surface area contributed by atoms with Gasteiger partial charge in [-0.05, 0) is 37.3 Å². The lowest BCUT2D eigenvalue weighted by atomic mass is 10.1. The normalized spacial score (nSPS) is 20.6. The number of rotatable bonds is 11. The number of ketones is 1. The van der Waals surface area contributed by atoms with Crippen molar-refractivity contribution in [2.24, 2.45) is 5.92 Å². The minimum absolute atomic E-state index is 0.0521. The highest BCUT2D eigenvalue weighted by atomic mass is 16.7. The predicted octanol–water partition coefficient (Wildman–Crippen LogP) is 3.31. The van der Waals surface area contributed by atoms with Gasteiger partial charge in [0.1, 0.15) is 6.10 Å². The highest BCUT2D eigenvalue weighted by molar-refractivity contribution is 5.94. The molecule has 0 fully saturated rings. The second kappa shape index (κ2) is 10.5. The van der Waals surface area contributed by atoms with Gasteiger partial charge in [-0.2, -0.15) is 0 Å². The van der Waals surface area contributed by atoms with E-state index in [0.29, 0.717) is 19.1 Å². The second-order valence-electron chi connectivity index (χ2n) is 7.05. The van der Waals surface area contributed by atoms with Gasteiger partial charge in [0.05, 0.1) is 18.8 Å². The molecule has 1 aromatic rings. The van der Waals surface area contributed by atoms with Crippen molar-refractivity contribution in [2.45, 2.75) is 78.2 Å². The first-order valence-electron chi connectivity index (χ1n) is 9.46. The van der Waals surface area contributed by atoms with E-state index >= 15 is 0 Å². The Kier molecular flexibility index (Phi) is 8.28. The highest BCUT2D eigenvalue weighted by Crippen LogP contribution is 2.14. The standard InChI is InChI=1S/C19H31N3O3/c1-4-5-6-7-8-16-13-22(21-20-16)14-18-17(23)9-10-19(25-18)24-12-11-15(2)3/h9-10,13,15,18-19H,4-8,11-12,14H2,1-3H3/t18-,19+/m1/s1. The van der Waals surface area contributed by atoms with Crippen molar-refractivity contribution in [1.29, 1.82) is 0 Å². The molecule has 2 atom stereocenters. The van der Waals surface area contributed by atoms with Crippen molar-refractivity contribution in [3.63, 3.8) is 0 Å². The number of carbonyl (C=O) groups is 1. The molecule has 0 aliphatic carbocycles. The average Bonchev–Trinajstić information content (AvgIpc) is 3.02. The van der Waals surface area contributed by atoms with Gasteiger partial charge in [-0.25, -0.2) is 4.68 Å². The fourth-order valence-electron chi connectivity index (χ4n) is 2.65. The molecule has 1 aromatic heterocycles. The molecule has 0 saturated heterocycles. The number of hydrogen-bond donors (Lipinski definition) is 0. The Morgan fingerprint density at radius 1 is 1.32 bits per heavy atom. The third-order valence-electron chi connectivity index (χ3n) is 4.24. The molecule has 0 bridgehead atoms. The number of ether oxygens (including phenoxy) is 2. The molecule has 2 heterocycles. The van der Waals surface area contributed by atoms with Crippen LogP contribution >= 0.6 is 0 Å². The zero-order valence-corrected chi connectivity index (χ0v) is 15.7.